The van der Waals surface area contributed by atoms with Gasteiger partial charge in [0.15, 0.2) is 5.96 Å². The Bertz CT molecular complexity index is 626. The van der Waals surface area contributed by atoms with Crippen LogP contribution in [0.3, 0.4) is 0 Å². The van der Waals surface area contributed by atoms with Crippen molar-refractivity contribution < 1.29 is 14.3 Å². The first-order chi connectivity index (χ1) is 11.4. The maximum Gasteiger partial charge on any atom is 0.341 e. The molecule has 2 rings (SSSR count). The molecule has 1 aliphatic heterocycles. The predicted octanol–water partition coefficient (Wildman–Crippen LogP) is 2.29. The van der Waals surface area contributed by atoms with Crippen LogP contribution in [-0.2, 0) is 11.3 Å². The lowest BCUT2D eigenvalue weighted by Crippen LogP contribution is -2.40. The number of hydrogen-bond donors (Lipinski definition) is 1. The highest BCUT2D eigenvalue weighted by Gasteiger charge is 2.30. The third kappa shape index (κ3) is 4.19. The second-order valence-electron chi connectivity index (χ2n) is 6.76. The van der Waals surface area contributed by atoms with Crippen molar-refractivity contribution >= 4 is 11.9 Å². The van der Waals surface area contributed by atoms with E-state index in [0.717, 1.165) is 31.0 Å². The summed E-state index contributed by atoms with van der Waals surface area (Å²) in [6.07, 6.45) is 1.16. The van der Waals surface area contributed by atoms with Gasteiger partial charge >= 0.3 is 5.97 Å². The van der Waals surface area contributed by atoms with Crippen molar-refractivity contribution in [2.75, 3.05) is 34.4 Å². The molecule has 24 heavy (non-hydrogen) atoms. The number of esters is 1. The lowest BCUT2D eigenvalue weighted by Gasteiger charge is -2.23. The Hall–Kier alpha value is -2.24. The van der Waals surface area contributed by atoms with Gasteiger partial charge in [-0.1, -0.05) is 19.9 Å². The molecule has 1 N–H and O–H groups in total. The number of benzene rings is 1. The van der Waals surface area contributed by atoms with Gasteiger partial charge in [-0.15, -0.1) is 0 Å². The normalized spacial score (nSPS) is 16.9. The highest BCUT2D eigenvalue weighted by atomic mass is 16.5. The van der Waals surface area contributed by atoms with Crippen molar-refractivity contribution in [3.63, 3.8) is 0 Å². The average Bonchev–Trinajstić information content (AvgIpc) is 2.94. The molecule has 0 aromatic heterocycles. The lowest BCUT2D eigenvalue weighted by atomic mass is 9.93. The Morgan fingerprint density at radius 1 is 1.38 bits per heavy atom. The van der Waals surface area contributed by atoms with Crippen LogP contribution in [0.25, 0.3) is 0 Å². The van der Waals surface area contributed by atoms with Gasteiger partial charge in [-0.25, -0.2) is 4.79 Å². The fourth-order valence-corrected chi connectivity index (χ4v) is 2.94. The lowest BCUT2D eigenvalue weighted by molar-refractivity contribution is 0.0597. The molecule has 0 unspecified atom stereocenters. The van der Waals surface area contributed by atoms with E-state index in [1.165, 1.54) is 14.2 Å². The number of carbonyl (C=O) groups excluding carboxylic acids is 1. The number of carbonyl (C=O) groups is 1. The summed E-state index contributed by atoms with van der Waals surface area (Å²) in [6.45, 7) is 7.11. The summed E-state index contributed by atoms with van der Waals surface area (Å²) in [7, 11) is 4.70. The molecule has 0 radical (unpaired) electrons. The van der Waals surface area contributed by atoms with Crippen LogP contribution < -0.4 is 10.1 Å². The first-order valence-electron chi connectivity index (χ1n) is 8.11. The highest BCUT2D eigenvalue weighted by molar-refractivity contribution is 5.92. The van der Waals surface area contributed by atoms with Crippen LogP contribution in [0.15, 0.2) is 23.2 Å². The summed E-state index contributed by atoms with van der Waals surface area (Å²) < 4.78 is 10.0. The van der Waals surface area contributed by atoms with E-state index in [-0.39, 0.29) is 0 Å². The second-order valence-corrected chi connectivity index (χ2v) is 6.76. The summed E-state index contributed by atoms with van der Waals surface area (Å²) in [5.74, 6) is 0.992. The zero-order valence-electron chi connectivity index (χ0n) is 15.2. The molecule has 6 nitrogen and oxygen atoms in total. The van der Waals surface area contributed by atoms with Gasteiger partial charge in [-0.05, 0) is 29.5 Å². The van der Waals surface area contributed by atoms with Crippen molar-refractivity contribution in [3.8, 4) is 5.75 Å². The van der Waals surface area contributed by atoms with E-state index < -0.39 is 5.97 Å². The second kappa shape index (κ2) is 7.55. The fourth-order valence-electron chi connectivity index (χ4n) is 2.94. The van der Waals surface area contributed by atoms with E-state index in [2.05, 4.69) is 29.1 Å². The van der Waals surface area contributed by atoms with Gasteiger partial charge in [-0.2, -0.15) is 0 Å². The zero-order valence-corrected chi connectivity index (χ0v) is 15.2. The molecule has 132 valence electrons. The average molecular weight is 333 g/mol. The van der Waals surface area contributed by atoms with Gasteiger partial charge in [0.05, 0.1) is 14.2 Å². The number of ether oxygens (including phenoxy) is 2. The number of rotatable bonds is 4. The standard InChI is InChI=1S/C18H27N3O3/c1-18(2)8-9-21(12-18)17(19-3)20-11-13-6-7-15(23-4)14(10-13)16(22)24-5/h6-7,10H,8-9,11-12H2,1-5H3,(H,19,20). The van der Waals surface area contributed by atoms with Crippen molar-refractivity contribution in [3.05, 3.63) is 29.3 Å². The molecule has 1 saturated heterocycles. The first-order valence-corrected chi connectivity index (χ1v) is 8.11. The molecule has 0 amide bonds. The monoisotopic (exact) mass is 333 g/mol. The summed E-state index contributed by atoms with van der Waals surface area (Å²) in [4.78, 5) is 18.5. The number of nitrogens with one attached hydrogen (secondary N) is 1. The molecule has 1 aromatic carbocycles. The maximum atomic E-state index is 11.9. The van der Waals surface area contributed by atoms with E-state index in [4.69, 9.17) is 9.47 Å². The topological polar surface area (TPSA) is 63.2 Å². The highest BCUT2D eigenvalue weighted by Crippen LogP contribution is 2.28. The van der Waals surface area contributed by atoms with Gasteiger partial charge in [0, 0.05) is 26.7 Å². The van der Waals surface area contributed by atoms with Crippen LogP contribution in [0.1, 0.15) is 36.2 Å². The predicted molar refractivity (Wildman–Crippen MR) is 94.5 cm³/mol. The van der Waals surface area contributed by atoms with Crippen LogP contribution >= 0.6 is 0 Å². The number of nitrogens with zero attached hydrogens (tertiary/aromatic N) is 2. The fraction of sp³-hybridized carbons (Fsp3) is 0.556. The number of hydrogen-bond acceptors (Lipinski definition) is 4. The summed E-state index contributed by atoms with van der Waals surface area (Å²) >= 11 is 0. The Balaban J connectivity index is 2.07. The Morgan fingerprint density at radius 2 is 2.12 bits per heavy atom. The Kier molecular flexibility index (Phi) is 5.70. The number of guanidine groups is 1. The zero-order chi connectivity index (χ0) is 17.7. The molecule has 0 bridgehead atoms. The molecular weight excluding hydrogens is 306 g/mol. The van der Waals surface area contributed by atoms with Crippen molar-refractivity contribution in [1.82, 2.24) is 10.2 Å². The molecule has 1 fully saturated rings. The van der Waals surface area contributed by atoms with E-state index in [0.29, 0.717) is 23.3 Å². The summed E-state index contributed by atoms with van der Waals surface area (Å²) in [5.41, 5.74) is 1.71. The van der Waals surface area contributed by atoms with Crippen molar-refractivity contribution in [2.24, 2.45) is 10.4 Å². The molecule has 0 spiro atoms. The van der Waals surface area contributed by atoms with Gasteiger partial charge in [0.25, 0.3) is 0 Å². The quantitative estimate of drug-likeness (QED) is 0.520. The van der Waals surface area contributed by atoms with Gasteiger partial charge in [0.2, 0.25) is 0 Å². The van der Waals surface area contributed by atoms with Gasteiger partial charge < -0.3 is 19.7 Å². The van der Waals surface area contributed by atoms with Crippen LogP contribution in [0.2, 0.25) is 0 Å². The molecule has 6 heteroatoms. The van der Waals surface area contributed by atoms with Crippen LogP contribution in [-0.4, -0.2) is 51.2 Å². The smallest absolute Gasteiger partial charge is 0.341 e. The van der Waals surface area contributed by atoms with Crippen molar-refractivity contribution in [2.45, 2.75) is 26.8 Å². The Morgan fingerprint density at radius 3 is 2.67 bits per heavy atom. The van der Waals surface area contributed by atoms with Gasteiger partial charge in [-0.3, -0.25) is 4.99 Å². The number of aliphatic imine (C=N–C) groups is 1. The molecular formula is C18H27N3O3. The first kappa shape index (κ1) is 18.1. The van der Waals surface area contributed by atoms with Crippen molar-refractivity contribution in [1.29, 1.82) is 0 Å². The minimum Gasteiger partial charge on any atom is -0.496 e. The molecule has 0 saturated carbocycles. The van der Waals surface area contributed by atoms with E-state index >= 15 is 0 Å². The molecule has 1 aromatic rings. The van der Waals surface area contributed by atoms with Crippen LogP contribution in [0.5, 0.6) is 5.75 Å². The largest absolute Gasteiger partial charge is 0.496 e. The minimum atomic E-state index is -0.403. The third-order valence-electron chi connectivity index (χ3n) is 4.31. The molecule has 1 heterocycles. The maximum absolute atomic E-state index is 11.9. The summed E-state index contributed by atoms with van der Waals surface area (Å²) in [5, 5.41) is 3.37. The third-order valence-corrected chi connectivity index (χ3v) is 4.31. The summed E-state index contributed by atoms with van der Waals surface area (Å²) in [6, 6.07) is 5.50. The number of methoxy groups -OCH3 is 2. The Labute approximate surface area is 143 Å². The number of likely N-dealkylation sites (tertiary alicyclic amines) is 1. The van der Waals surface area contributed by atoms with Crippen LogP contribution in [0.4, 0.5) is 0 Å². The van der Waals surface area contributed by atoms with E-state index in [9.17, 15) is 4.79 Å². The van der Waals surface area contributed by atoms with E-state index in [1.807, 2.05) is 6.07 Å². The van der Waals surface area contributed by atoms with E-state index in [1.54, 1.807) is 19.2 Å². The molecule has 0 aliphatic carbocycles. The SMILES string of the molecule is CN=C(NCc1ccc(OC)c(C(=O)OC)c1)N1CCC(C)(C)C1. The minimum absolute atomic E-state index is 0.315. The molecule has 1 aliphatic rings. The van der Waals surface area contributed by atoms with Crippen LogP contribution in [0, 0.1) is 5.41 Å². The van der Waals surface area contributed by atoms with Gasteiger partial charge in [0.1, 0.15) is 11.3 Å². The molecule has 0 atom stereocenters.